The monoisotopic (exact) mass is 290 g/mol. The van der Waals surface area contributed by atoms with E-state index in [2.05, 4.69) is 22.4 Å². The fourth-order valence-corrected chi connectivity index (χ4v) is 2.66. The fraction of sp³-hybridized carbons (Fsp3) is 0.0667. The number of aromatic nitrogens is 1. The number of benzene rings is 2. The van der Waals surface area contributed by atoms with E-state index in [4.69, 9.17) is 23.2 Å². The molecule has 2 aromatic carbocycles. The molecule has 0 radical (unpaired) electrons. The topological polar surface area (TPSA) is 27.8 Å². The molecule has 0 saturated heterocycles. The molecule has 3 aromatic rings. The highest BCUT2D eigenvalue weighted by molar-refractivity contribution is 6.39. The third kappa shape index (κ3) is 2.42. The van der Waals surface area contributed by atoms with Crippen molar-refractivity contribution < 1.29 is 0 Å². The van der Waals surface area contributed by atoms with Crippen LogP contribution in [0.15, 0.2) is 48.7 Å². The third-order valence-electron chi connectivity index (χ3n) is 3.09. The molecule has 0 aliphatic rings. The zero-order valence-corrected chi connectivity index (χ0v) is 11.6. The Bertz CT molecular complexity index is 699. The maximum Gasteiger partial charge on any atom is 0.0721 e. The number of halogens is 2. The number of anilines is 1. The van der Waals surface area contributed by atoms with Crippen molar-refractivity contribution in [3.05, 3.63) is 64.3 Å². The van der Waals surface area contributed by atoms with Gasteiger partial charge in [0.2, 0.25) is 0 Å². The number of fused-ring (bicyclic) bond motifs is 1. The predicted molar refractivity (Wildman–Crippen MR) is 82.1 cm³/mol. The standard InChI is InChI=1S/C15H12Cl2N2/c16-12-5-3-6-13(17)15(12)19-9-10-8-18-14-7-2-1-4-11(10)14/h1-8,18-19H,9H2. The Morgan fingerprint density at radius 1 is 0.947 bits per heavy atom. The average Bonchev–Trinajstić information content (AvgIpc) is 2.82. The summed E-state index contributed by atoms with van der Waals surface area (Å²) in [7, 11) is 0. The van der Waals surface area contributed by atoms with Gasteiger partial charge in [0.25, 0.3) is 0 Å². The van der Waals surface area contributed by atoms with Gasteiger partial charge in [0.05, 0.1) is 15.7 Å². The minimum Gasteiger partial charge on any atom is -0.378 e. The summed E-state index contributed by atoms with van der Waals surface area (Å²) in [5, 5.41) is 5.76. The molecule has 0 spiro atoms. The lowest BCUT2D eigenvalue weighted by Gasteiger charge is -2.09. The smallest absolute Gasteiger partial charge is 0.0721 e. The molecule has 0 fully saturated rings. The van der Waals surface area contributed by atoms with Crippen LogP contribution in [0, 0.1) is 0 Å². The van der Waals surface area contributed by atoms with Gasteiger partial charge < -0.3 is 10.3 Å². The summed E-state index contributed by atoms with van der Waals surface area (Å²) in [5.41, 5.74) is 3.09. The summed E-state index contributed by atoms with van der Waals surface area (Å²) >= 11 is 12.3. The van der Waals surface area contributed by atoms with Crippen molar-refractivity contribution in [3.8, 4) is 0 Å². The molecule has 0 amide bonds. The average molecular weight is 291 g/mol. The summed E-state index contributed by atoms with van der Waals surface area (Å²) in [6.07, 6.45) is 2.00. The van der Waals surface area contributed by atoms with Crippen LogP contribution in [-0.4, -0.2) is 4.98 Å². The molecule has 96 valence electrons. The molecule has 0 unspecified atom stereocenters. The van der Waals surface area contributed by atoms with Crippen molar-refractivity contribution in [2.45, 2.75) is 6.54 Å². The zero-order valence-electron chi connectivity index (χ0n) is 10.1. The SMILES string of the molecule is Clc1cccc(Cl)c1NCc1c[nH]c2ccccc12. The van der Waals surface area contributed by atoms with Crippen molar-refractivity contribution in [1.29, 1.82) is 0 Å². The van der Waals surface area contributed by atoms with Gasteiger partial charge >= 0.3 is 0 Å². The second-order valence-corrected chi connectivity index (χ2v) is 5.12. The number of rotatable bonds is 3. The van der Waals surface area contributed by atoms with Crippen molar-refractivity contribution in [2.24, 2.45) is 0 Å². The Morgan fingerprint density at radius 2 is 1.68 bits per heavy atom. The highest BCUT2D eigenvalue weighted by Gasteiger charge is 2.07. The largest absolute Gasteiger partial charge is 0.378 e. The first-order chi connectivity index (χ1) is 9.25. The molecular formula is C15H12Cl2N2. The predicted octanol–water partition coefficient (Wildman–Crippen LogP) is 5.09. The van der Waals surface area contributed by atoms with Gasteiger partial charge in [-0.2, -0.15) is 0 Å². The molecule has 0 aliphatic heterocycles. The second kappa shape index (κ2) is 5.16. The summed E-state index contributed by atoms with van der Waals surface area (Å²) < 4.78 is 0. The number of H-pyrrole nitrogens is 1. The van der Waals surface area contributed by atoms with Crippen LogP contribution in [0.4, 0.5) is 5.69 Å². The van der Waals surface area contributed by atoms with E-state index in [-0.39, 0.29) is 0 Å². The minimum absolute atomic E-state index is 0.632. The summed E-state index contributed by atoms with van der Waals surface area (Å²) in [4.78, 5) is 3.25. The lowest BCUT2D eigenvalue weighted by Crippen LogP contribution is -1.99. The lowest BCUT2D eigenvalue weighted by atomic mass is 10.2. The van der Waals surface area contributed by atoms with Crippen molar-refractivity contribution in [3.63, 3.8) is 0 Å². The van der Waals surface area contributed by atoms with Gasteiger partial charge in [-0.15, -0.1) is 0 Å². The first-order valence-corrected chi connectivity index (χ1v) is 6.74. The number of hydrogen-bond acceptors (Lipinski definition) is 1. The molecule has 2 nitrogen and oxygen atoms in total. The van der Waals surface area contributed by atoms with Crippen LogP contribution in [0.3, 0.4) is 0 Å². The Kier molecular flexibility index (Phi) is 3.36. The van der Waals surface area contributed by atoms with E-state index in [0.29, 0.717) is 16.6 Å². The van der Waals surface area contributed by atoms with E-state index in [0.717, 1.165) is 11.2 Å². The summed E-state index contributed by atoms with van der Waals surface area (Å²) in [5.74, 6) is 0. The zero-order chi connectivity index (χ0) is 13.2. The van der Waals surface area contributed by atoms with E-state index in [9.17, 15) is 0 Å². The Morgan fingerprint density at radius 3 is 2.47 bits per heavy atom. The van der Waals surface area contributed by atoms with Gasteiger partial charge in [0.1, 0.15) is 0 Å². The fourth-order valence-electron chi connectivity index (χ4n) is 2.13. The number of para-hydroxylation sites is 2. The van der Waals surface area contributed by atoms with Gasteiger partial charge in [-0.05, 0) is 23.8 Å². The lowest BCUT2D eigenvalue weighted by molar-refractivity contribution is 1.16. The molecule has 0 aliphatic carbocycles. The Labute approximate surface area is 121 Å². The molecule has 1 heterocycles. The van der Waals surface area contributed by atoms with Crippen molar-refractivity contribution in [2.75, 3.05) is 5.32 Å². The molecular weight excluding hydrogens is 279 g/mol. The highest BCUT2D eigenvalue weighted by atomic mass is 35.5. The molecule has 2 N–H and O–H groups in total. The quantitative estimate of drug-likeness (QED) is 0.691. The van der Waals surface area contributed by atoms with Gasteiger partial charge in [0.15, 0.2) is 0 Å². The van der Waals surface area contributed by atoms with Crippen LogP contribution in [0.5, 0.6) is 0 Å². The molecule has 3 rings (SSSR count). The van der Waals surface area contributed by atoms with E-state index >= 15 is 0 Å². The van der Waals surface area contributed by atoms with E-state index < -0.39 is 0 Å². The van der Waals surface area contributed by atoms with Gasteiger partial charge in [0, 0.05) is 23.6 Å². The molecule has 1 aromatic heterocycles. The second-order valence-electron chi connectivity index (χ2n) is 4.31. The number of aromatic amines is 1. The maximum absolute atomic E-state index is 6.13. The van der Waals surface area contributed by atoms with E-state index in [1.165, 1.54) is 10.9 Å². The molecule has 0 atom stereocenters. The summed E-state index contributed by atoms with van der Waals surface area (Å²) in [6.45, 7) is 0.674. The van der Waals surface area contributed by atoms with Crippen LogP contribution in [0.1, 0.15) is 5.56 Å². The van der Waals surface area contributed by atoms with Crippen molar-refractivity contribution >= 4 is 39.8 Å². The first kappa shape index (κ1) is 12.4. The minimum atomic E-state index is 0.632. The molecule has 0 saturated carbocycles. The van der Waals surface area contributed by atoms with Crippen LogP contribution in [0.25, 0.3) is 10.9 Å². The number of hydrogen-bond donors (Lipinski definition) is 2. The van der Waals surface area contributed by atoms with Gasteiger partial charge in [-0.25, -0.2) is 0 Å². The third-order valence-corrected chi connectivity index (χ3v) is 3.72. The molecule has 0 bridgehead atoms. The molecule has 4 heteroatoms. The normalized spacial score (nSPS) is 10.8. The first-order valence-electron chi connectivity index (χ1n) is 5.98. The Hall–Kier alpha value is -1.64. The van der Waals surface area contributed by atoms with Crippen LogP contribution >= 0.6 is 23.2 Å². The highest BCUT2D eigenvalue weighted by Crippen LogP contribution is 2.30. The van der Waals surface area contributed by atoms with Gasteiger partial charge in [-0.1, -0.05) is 47.5 Å². The number of nitrogens with one attached hydrogen (secondary N) is 2. The Balaban J connectivity index is 1.87. The summed E-state index contributed by atoms with van der Waals surface area (Å²) in [6, 6.07) is 13.7. The van der Waals surface area contributed by atoms with E-state index in [1.807, 2.05) is 36.5 Å². The van der Waals surface area contributed by atoms with E-state index in [1.54, 1.807) is 0 Å². The van der Waals surface area contributed by atoms with Crippen LogP contribution in [0.2, 0.25) is 10.0 Å². The molecule has 19 heavy (non-hydrogen) atoms. The maximum atomic E-state index is 6.13. The van der Waals surface area contributed by atoms with Crippen LogP contribution < -0.4 is 5.32 Å². The van der Waals surface area contributed by atoms with Crippen molar-refractivity contribution in [1.82, 2.24) is 4.98 Å². The van der Waals surface area contributed by atoms with Gasteiger partial charge in [-0.3, -0.25) is 0 Å². The van der Waals surface area contributed by atoms with Crippen LogP contribution in [-0.2, 0) is 6.54 Å².